The number of aryl methyl sites for hydroxylation is 1. The molecule has 2 nitrogen and oxygen atoms in total. The summed E-state index contributed by atoms with van der Waals surface area (Å²) in [6.07, 6.45) is 1.04. The summed E-state index contributed by atoms with van der Waals surface area (Å²) in [6.45, 7) is 4.24. The molecular formula is C17H19BrN2S. The van der Waals surface area contributed by atoms with E-state index in [0.717, 1.165) is 16.6 Å². The van der Waals surface area contributed by atoms with Crippen molar-refractivity contribution in [2.75, 3.05) is 5.32 Å². The van der Waals surface area contributed by atoms with Gasteiger partial charge in [-0.1, -0.05) is 53.2 Å². The molecule has 0 aliphatic rings. The number of hydrogen-bond acceptors (Lipinski definition) is 1. The quantitative estimate of drug-likeness (QED) is 0.743. The van der Waals surface area contributed by atoms with Crippen LogP contribution < -0.4 is 10.6 Å². The molecule has 110 valence electrons. The van der Waals surface area contributed by atoms with Crippen molar-refractivity contribution in [3.8, 4) is 0 Å². The van der Waals surface area contributed by atoms with Crippen LogP contribution in [0.2, 0.25) is 0 Å². The van der Waals surface area contributed by atoms with Gasteiger partial charge in [0.15, 0.2) is 5.11 Å². The zero-order chi connectivity index (χ0) is 15.2. The minimum Gasteiger partial charge on any atom is -0.356 e. The summed E-state index contributed by atoms with van der Waals surface area (Å²) in [5.41, 5.74) is 3.51. The van der Waals surface area contributed by atoms with Gasteiger partial charge in [0.25, 0.3) is 0 Å². The number of halogens is 1. The summed E-state index contributed by atoms with van der Waals surface area (Å²) in [7, 11) is 0. The molecule has 0 aromatic heterocycles. The van der Waals surface area contributed by atoms with E-state index in [-0.39, 0.29) is 6.04 Å². The number of thiocarbonyl (C=S) groups is 1. The lowest BCUT2D eigenvalue weighted by molar-refractivity contribution is 0.719. The summed E-state index contributed by atoms with van der Waals surface area (Å²) in [6, 6.07) is 16.6. The first-order chi connectivity index (χ1) is 10.1. The van der Waals surface area contributed by atoms with Gasteiger partial charge in [-0.25, -0.2) is 0 Å². The van der Waals surface area contributed by atoms with Crippen molar-refractivity contribution >= 4 is 38.9 Å². The fourth-order valence-electron chi connectivity index (χ4n) is 2.09. The maximum atomic E-state index is 5.38. The van der Waals surface area contributed by atoms with Crippen LogP contribution in [0.4, 0.5) is 5.69 Å². The van der Waals surface area contributed by atoms with Crippen LogP contribution in [0, 0.1) is 0 Å². The van der Waals surface area contributed by atoms with Gasteiger partial charge in [0, 0.05) is 10.2 Å². The smallest absolute Gasteiger partial charge is 0.171 e. The molecular weight excluding hydrogens is 344 g/mol. The van der Waals surface area contributed by atoms with Gasteiger partial charge in [-0.2, -0.15) is 0 Å². The molecule has 0 bridgehead atoms. The highest BCUT2D eigenvalue weighted by atomic mass is 79.9. The minimum absolute atomic E-state index is 0.135. The Bertz CT molecular complexity index is 610. The molecule has 0 aliphatic carbocycles. The highest BCUT2D eigenvalue weighted by Crippen LogP contribution is 2.22. The predicted octanol–water partition coefficient (Wildman–Crippen LogP) is 5.06. The van der Waals surface area contributed by atoms with E-state index in [1.54, 1.807) is 0 Å². The van der Waals surface area contributed by atoms with Gasteiger partial charge >= 0.3 is 0 Å². The Balaban J connectivity index is 1.96. The second-order valence-electron chi connectivity index (χ2n) is 4.89. The molecule has 0 radical (unpaired) electrons. The van der Waals surface area contributed by atoms with E-state index in [0.29, 0.717) is 5.11 Å². The first kappa shape index (κ1) is 16.0. The fourth-order valence-corrected chi connectivity index (χ4v) is 3.01. The Morgan fingerprint density at radius 1 is 1.14 bits per heavy atom. The largest absolute Gasteiger partial charge is 0.356 e. The van der Waals surface area contributed by atoms with Crippen LogP contribution in [0.15, 0.2) is 53.0 Å². The van der Waals surface area contributed by atoms with E-state index in [1.165, 1.54) is 11.1 Å². The Labute approximate surface area is 140 Å². The van der Waals surface area contributed by atoms with Crippen LogP contribution in [0.3, 0.4) is 0 Å². The first-order valence-electron chi connectivity index (χ1n) is 7.01. The zero-order valence-electron chi connectivity index (χ0n) is 12.2. The van der Waals surface area contributed by atoms with Crippen molar-refractivity contribution in [1.82, 2.24) is 5.32 Å². The minimum atomic E-state index is 0.135. The number of rotatable bonds is 4. The molecule has 21 heavy (non-hydrogen) atoms. The van der Waals surface area contributed by atoms with E-state index in [9.17, 15) is 0 Å². The highest BCUT2D eigenvalue weighted by molar-refractivity contribution is 9.10. The molecule has 0 saturated carbocycles. The van der Waals surface area contributed by atoms with Crippen LogP contribution in [0.5, 0.6) is 0 Å². The molecule has 0 saturated heterocycles. The van der Waals surface area contributed by atoms with Gasteiger partial charge in [0.2, 0.25) is 0 Å². The zero-order valence-corrected chi connectivity index (χ0v) is 14.6. The lowest BCUT2D eigenvalue weighted by atomic mass is 10.1. The molecule has 0 unspecified atom stereocenters. The monoisotopic (exact) mass is 362 g/mol. The van der Waals surface area contributed by atoms with Crippen LogP contribution in [-0.4, -0.2) is 5.11 Å². The Morgan fingerprint density at radius 3 is 2.43 bits per heavy atom. The average molecular weight is 363 g/mol. The van der Waals surface area contributed by atoms with E-state index in [4.69, 9.17) is 12.2 Å². The molecule has 4 heteroatoms. The average Bonchev–Trinajstić information content (AvgIpc) is 2.48. The van der Waals surface area contributed by atoms with Crippen molar-refractivity contribution < 1.29 is 0 Å². The molecule has 0 spiro atoms. The SMILES string of the molecule is CCc1ccc(NC(=S)N[C@H](C)c2ccccc2Br)cc1. The maximum absolute atomic E-state index is 5.38. The second-order valence-corrected chi connectivity index (χ2v) is 6.15. The van der Waals surface area contributed by atoms with Crippen molar-refractivity contribution in [2.24, 2.45) is 0 Å². The number of hydrogen-bond donors (Lipinski definition) is 2. The Hall–Kier alpha value is -1.39. The van der Waals surface area contributed by atoms with Crippen LogP contribution >= 0.6 is 28.1 Å². The summed E-state index contributed by atoms with van der Waals surface area (Å²) < 4.78 is 1.08. The topological polar surface area (TPSA) is 24.1 Å². The summed E-state index contributed by atoms with van der Waals surface area (Å²) in [5.74, 6) is 0. The number of nitrogens with one attached hydrogen (secondary N) is 2. The third-order valence-electron chi connectivity index (χ3n) is 3.34. The van der Waals surface area contributed by atoms with Crippen molar-refractivity contribution in [3.05, 3.63) is 64.1 Å². The van der Waals surface area contributed by atoms with Crippen LogP contribution in [0.25, 0.3) is 0 Å². The summed E-state index contributed by atoms with van der Waals surface area (Å²) >= 11 is 8.95. The lowest BCUT2D eigenvalue weighted by Crippen LogP contribution is -2.31. The summed E-state index contributed by atoms with van der Waals surface area (Å²) in [5, 5.41) is 7.15. The predicted molar refractivity (Wildman–Crippen MR) is 97.7 cm³/mol. The third-order valence-corrected chi connectivity index (χ3v) is 4.28. The Kier molecular flexibility index (Phi) is 5.76. The van der Waals surface area contributed by atoms with Gasteiger partial charge < -0.3 is 10.6 Å². The third kappa shape index (κ3) is 4.55. The van der Waals surface area contributed by atoms with Gasteiger partial charge in [0.05, 0.1) is 6.04 Å². The van der Waals surface area contributed by atoms with Crippen molar-refractivity contribution in [3.63, 3.8) is 0 Å². The van der Waals surface area contributed by atoms with E-state index >= 15 is 0 Å². The molecule has 2 N–H and O–H groups in total. The Morgan fingerprint density at radius 2 is 1.81 bits per heavy atom. The molecule has 0 heterocycles. The number of benzene rings is 2. The van der Waals surface area contributed by atoms with E-state index < -0.39 is 0 Å². The van der Waals surface area contributed by atoms with E-state index in [2.05, 4.69) is 70.7 Å². The molecule has 0 aliphatic heterocycles. The molecule has 2 rings (SSSR count). The second kappa shape index (κ2) is 7.57. The maximum Gasteiger partial charge on any atom is 0.171 e. The van der Waals surface area contributed by atoms with Gasteiger partial charge in [-0.3, -0.25) is 0 Å². The first-order valence-corrected chi connectivity index (χ1v) is 8.21. The van der Waals surface area contributed by atoms with Crippen molar-refractivity contribution in [2.45, 2.75) is 26.3 Å². The van der Waals surface area contributed by atoms with Gasteiger partial charge in [-0.15, -0.1) is 0 Å². The molecule has 1 atom stereocenters. The highest BCUT2D eigenvalue weighted by Gasteiger charge is 2.09. The van der Waals surface area contributed by atoms with Crippen LogP contribution in [0.1, 0.15) is 31.0 Å². The number of anilines is 1. The van der Waals surface area contributed by atoms with Gasteiger partial charge in [0.1, 0.15) is 0 Å². The van der Waals surface area contributed by atoms with Crippen molar-refractivity contribution in [1.29, 1.82) is 0 Å². The fraction of sp³-hybridized carbons (Fsp3) is 0.235. The van der Waals surface area contributed by atoms with Gasteiger partial charge in [-0.05, 0) is 54.9 Å². The van der Waals surface area contributed by atoms with Crippen LogP contribution in [-0.2, 0) is 6.42 Å². The summed E-state index contributed by atoms with van der Waals surface area (Å²) in [4.78, 5) is 0. The molecule has 2 aromatic carbocycles. The molecule has 0 amide bonds. The standard InChI is InChI=1S/C17H19BrN2S/c1-3-13-8-10-14(11-9-13)20-17(21)19-12(2)15-6-4-5-7-16(15)18/h4-12H,3H2,1-2H3,(H2,19,20,21)/t12-/m1/s1. The molecule has 2 aromatic rings. The lowest BCUT2D eigenvalue weighted by Gasteiger charge is -2.18. The molecule has 0 fully saturated rings. The van der Waals surface area contributed by atoms with E-state index in [1.807, 2.05) is 18.2 Å². The normalized spacial score (nSPS) is 11.8.